The van der Waals surface area contributed by atoms with Gasteiger partial charge in [0, 0.05) is 24.9 Å². The molecule has 1 aliphatic rings. The van der Waals surface area contributed by atoms with Crippen LogP contribution >= 0.6 is 11.8 Å². The summed E-state index contributed by atoms with van der Waals surface area (Å²) in [6.45, 7) is 7.20. The Morgan fingerprint density at radius 2 is 2.24 bits per heavy atom. The predicted molar refractivity (Wildman–Crippen MR) is 104 cm³/mol. The van der Waals surface area contributed by atoms with Gasteiger partial charge in [-0.25, -0.2) is 0 Å². The first kappa shape index (κ1) is 19.9. The molecule has 7 heteroatoms. The van der Waals surface area contributed by atoms with Gasteiger partial charge >= 0.3 is 0 Å². The summed E-state index contributed by atoms with van der Waals surface area (Å²) in [5, 5.41) is 16.0. The lowest BCUT2D eigenvalue weighted by Gasteiger charge is -2.24. The minimum absolute atomic E-state index is 0.00463. The van der Waals surface area contributed by atoms with Crippen molar-refractivity contribution in [2.24, 2.45) is 0 Å². The standard InChI is InChI=1S/C18H29N3O3S/c1-4-25-12-13(2)21(3)10-9-19-8-7-14-5-6-15(22)17-18(14)24-11-16(23)20-17/h5-6,13,19,22H,4,7-12H2,1-3H3,(H,20,23). The number of phenolic OH excluding ortho intramolecular Hbond substituents is 1. The molecule has 0 aromatic heterocycles. The van der Waals surface area contributed by atoms with E-state index in [-0.39, 0.29) is 18.3 Å². The van der Waals surface area contributed by atoms with Gasteiger partial charge in [0.2, 0.25) is 0 Å². The van der Waals surface area contributed by atoms with Crippen LogP contribution in [0.2, 0.25) is 0 Å². The van der Waals surface area contributed by atoms with E-state index in [0.717, 1.165) is 43.1 Å². The highest BCUT2D eigenvalue weighted by atomic mass is 32.2. The molecule has 0 spiro atoms. The molecule has 0 radical (unpaired) electrons. The normalized spacial score (nSPS) is 14.8. The summed E-state index contributed by atoms with van der Waals surface area (Å²) in [6, 6.07) is 4.03. The predicted octanol–water partition coefficient (Wildman–Crippen LogP) is 1.93. The van der Waals surface area contributed by atoms with Crippen molar-refractivity contribution in [3.05, 3.63) is 17.7 Å². The highest BCUT2D eigenvalue weighted by Gasteiger charge is 2.22. The summed E-state index contributed by atoms with van der Waals surface area (Å²) in [7, 11) is 2.16. The lowest BCUT2D eigenvalue weighted by Crippen LogP contribution is -2.37. The van der Waals surface area contributed by atoms with Crippen molar-refractivity contribution >= 4 is 23.4 Å². The first-order valence-corrected chi connectivity index (χ1v) is 9.94. The van der Waals surface area contributed by atoms with Crippen LogP contribution in [0.3, 0.4) is 0 Å². The van der Waals surface area contributed by atoms with Gasteiger partial charge in [-0.3, -0.25) is 4.79 Å². The molecule has 1 unspecified atom stereocenters. The van der Waals surface area contributed by atoms with Gasteiger partial charge < -0.3 is 25.4 Å². The van der Waals surface area contributed by atoms with Gasteiger partial charge in [0.1, 0.15) is 11.4 Å². The van der Waals surface area contributed by atoms with Crippen LogP contribution in [0.25, 0.3) is 0 Å². The molecule has 25 heavy (non-hydrogen) atoms. The van der Waals surface area contributed by atoms with Gasteiger partial charge in [-0.2, -0.15) is 11.8 Å². The summed E-state index contributed by atoms with van der Waals surface area (Å²) in [6.07, 6.45) is 0.781. The maximum absolute atomic E-state index is 11.4. The number of ether oxygens (including phenoxy) is 1. The van der Waals surface area contributed by atoms with Gasteiger partial charge in [0.05, 0.1) is 0 Å². The molecule has 140 valence electrons. The molecule has 1 heterocycles. The Morgan fingerprint density at radius 3 is 3.00 bits per heavy atom. The number of thioether (sulfide) groups is 1. The molecule has 3 N–H and O–H groups in total. The second-order valence-electron chi connectivity index (χ2n) is 6.27. The van der Waals surface area contributed by atoms with Crippen LogP contribution in [0.5, 0.6) is 11.5 Å². The number of phenols is 1. The number of amides is 1. The number of likely N-dealkylation sites (N-methyl/N-ethyl adjacent to an activating group) is 1. The Labute approximate surface area is 154 Å². The maximum atomic E-state index is 11.4. The number of nitrogens with one attached hydrogen (secondary N) is 2. The minimum Gasteiger partial charge on any atom is -0.506 e. The summed E-state index contributed by atoms with van der Waals surface area (Å²) >= 11 is 1.97. The third-order valence-corrected chi connectivity index (χ3v) is 5.48. The zero-order valence-corrected chi connectivity index (χ0v) is 16.1. The van der Waals surface area contributed by atoms with E-state index in [1.807, 2.05) is 17.8 Å². The quantitative estimate of drug-likeness (QED) is 0.433. The second-order valence-corrected chi connectivity index (χ2v) is 7.59. The van der Waals surface area contributed by atoms with Crippen molar-refractivity contribution in [3.63, 3.8) is 0 Å². The number of fused-ring (bicyclic) bond motifs is 1. The van der Waals surface area contributed by atoms with Crippen LogP contribution in [0.1, 0.15) is 19.4 Å². The molecule has 0 aliphatic carbocycles. The molecule has 1 amide bonds. The molecular weight excluding hydrogens is 338 g/mol. The first-order chi connectivity index (χ1) is 12.0. The van der Waals surface area contributed by atoms with Crippen molar-refractivity contribution in [2.75, 3.05) is 50.1 Å². The van der Waals surface area contributed by atoms with Crippen molar-refractivity contribution in [2.45, 2.75) is 26.3 Å². The summed E-state index contributed by atoms with van der Waals surface area (Å²) in [5.41, 5.74) is 1.37. The number of carbonyl (C=O) groups is 1. The average molecular weight is 368 g/mol. The third-order valence-electron chi connectivity index (χ3n) is 4.36. The lowest BCUT2D eigenvalue weighted by atomic mass is 10.1. The molecule has 1 aromatic rings. The number of rotatable bonds is 10. The average Bonchev–Trinajstić information content (AvgIpc) is 2.61. The molecule has 1 atom stereocenters. The number of hydrogen-bond acceptors (Lipinski definition) is 6. The van der Waals surface area contributed by atoms with Crippen LogP contribution in [0, 0.1) is 0 Å². The Bertz CT molecular complexity index is 583. The highest BCUT2D eigenvalue weighted by Crippen LogP contribution is 2.39. The number of anilines is 1. The Balaban J connectivity index is 1.76. The molecule has 0 fully saturated rings. The van der Waals surface area contributed by atoms with E-state index in [4.69, 9.17) is 4.74 Å². The molecule has 6 nitrogen and oxygen atoms in total. The van der Waals surface area contributed by atoms with E-state index in [9.17, 15) is 9.90 Å². The fourth-order valence-corrected chi connectivity index (χ4v) is 3.48. The van der Waals surface area contributed by atoms with E-state index in [2.05, 4.69) is 36.4 Å². The van der Waals surface area contributed by atoms with Crippen molar-refractivity contribution < 1.29 is 14.6 Å². The topological polar surface area (TPSA) is 73.8 Å². The largest absolute Gasteiger partial charge is 0.506 e. The Kier molecular flexibility index (Phi) is 7.87. The van der Waals surface area contributed by atoms with Crippen LogP contribution in [-0.4, -0.2) is 66.7 Å². The monoisotopic (exact) mass is 367 g/mol. The zero-order chi connectivity index (χ0) is 18.2. The molecule has 0 saturated carbocycles. The van der Waals surface area contributed by atoms with E-state index >= 15 is 0 Å². The minimum atomic E-state index is -0.239. The van der Waals surface area contributed by atoms with Crippen LogP contribution in [0.4, 0.5) is 5.69 Å². The number of hydrogen-bond donors (Lipinski definition) is 3. The smallest absolute Gasteiger partial charge is 0.262 e. The van der Waals surface area contributed by atoms with E-state index in [1.165, 1.54) is 0 Å². The number of nitrogens with zero attached hydrogens (tertiary/aromatic N) is 1. The Morgan fingerprint density at radius 1 is 1.44 bits per heavy atom. The summed E-state index contributed by atoms with van der Waals surface area (Å²) in [4.78, 5) is 13.8. The maximum Gasteiger partial charge on any atom is 0.262 e. The number of carbonyl (C=O) groups excluding carboxylic acids is 1. The molecule has 1 aliphatic heterocycles. The fourth-order valence-electron chi connectivity index (χ4n) is 2.65. The molecular formula is C18H29N3O3S. The van der Waals surface area contributed by atoms with Crippen LogP contribution in [0.15, 0.2) is 12.1 Å². The molecule has 0 bridgehead atoms. The van der Waals surface area contributed by atoms with Gasteiger partial charge in [-0.1, -0.05) is 13.0 Å². The zero-order valence-electron chi connectivity index (χ0n) is 15.3. The van der Waals surface area contributed by atoms with Gasteiger partial charge in [0.25, 0.3) is 5.91 Å². The molecule has 0 saturated heterocycles. The Hall–Kier alpha value is -1.44. The van der Waals surface area contributed by atoms with Crippen LogP contribution < -0.4 is 15.4 Å². The van der Waals surface area contributed by atoms with Crippen LogP contribution in [-0.2, 0) is 11.2 Å². The molecule has 2 rings (SSSR count). The van der Waals surface area contributed by atoms with Gasteiger partial charge in [-0.15, -0.1) is 0 Å². The SMILES string of the molecule is CCSCC(C)N(C)CCNCCc1ccc(O)c2c1OCC(=O)N2. The third kappa shape index (κ3) is 5.80. The lowest BCUT2D eigenvalue weighted by molar-refractivity contribution is -0.118. The van der Waals surface area contributed by atoms with Crippen molar-refractivity contribution in [3.8, 4) is 11.5 Å². The second kappa shape index (κ2) is 9.89. The van der Waals surface area contributed by atoms with Gasteiger partial charge in [-0.05, 0) is 44.3 Å². The van der Waals surface area contributed by atoms with E-state index in [0.29, 0.717) is 17.5 Å². The first-order valence-electron chi connectivity index (χ1n) is 8.79. The molecule has 1 aromatic carbocycles. The van der Waals surface area contributed by atoms with Crippen molar-refractivity contribution in [1.82, 2.24) is 10.2 Å². The van der Waals surface area contributed by atoms with Crippen molar-refractivity contribution in [1.29, 1.82) is 0 Å². The number of aromatic hydroxyl groups is 1. The number of benzene rings is 1. The summed E-state index contributed by atoms with van der Waals surface area (Å²) in [5.74, 6) is 2.71. The summed E-state index contributed by atoms with van der Waals surface area (Å²) < 4.78 is 5.50. The van der Waals surface area contributed by atoms with Gasteiger partial charge in [0.15, 0.2) is 12.4 Å². The van der Waals surface area contributed by atoms with E-state index in [1.54, 1.807) is 6.07 Å². The van der Waals surface area contributed by atoms with E-state index < -0.39 is 0 Å². The highest BCUT2D eigenvalue weighted by molar-refractivity contribution is 7.99. The fraction of sp³-hybridized carbons (Fsp3) is 0.611.